The van der Waals surface area contributed by atoms with E-state index >= 15 is 0 Å². The average Bonchev–Trinajstić information content (AvgIpc) is 2.70. The zero-order valence-corrected chi connectivity index (χ0v) is 17.5. The molecule has 6 heteroatoms. The highest BCUT2D eigenvalue weighted by molar-refractivity contribution is 6.74. The molecule has 24 heavy (non-hydrogen) atoms. The van der Waals surface area contributed by atoms with Gasteiger partial charge in [-0.1, -0.05) is 20.8 Å². The summed E-state index contributed by atoms with van der Waals surface area (Å²) in [7, 11) is -1.77. The molecule has 0 saturated carbocycles. The third-order valence-electron chi connectivity index (χ3n) is 4.60. The maximum atomic E-state index is 11.5. The molecule has 140 valence electrons. The number of hydrogen-bond acceptors (Lipinski definition) is 5. The van der Waals surface area contributed by atoms with Crippen LogP contribution in [0.5, 0.6) is 0 Å². The summed E-state index contributed by atoms with van der Waals surface area (Å²) in [5.41, 5.74) is 0. The number of hydrogen-bond donors (Lipinski definition) is 0. The smallest absolute Gasteiger partial charge is 0.330 e. The minimum absolute atomic E-state index is 0.129. The first-order valence-electron chi connectivity index (χ1n) is 8.72. The lowest BCUT2D eigenvalue weighted by Gasteiger charge is -2.36. The second-order valence-corrected chi connectivity index (χ2v) is 13.0. The Hall–Kier alpha value is -0.693. The Bertz CT molecular complexity index is 451. The van der Waals surface area contributed by atoms with Crippen molar-refractivity contribution in [3.05, 3.63) is 12.2 Å². The van der Waals surface area contributed by atoms with Gasteiger partial charge in [0, 0.05) is 12.7 Å². The van der Waals surface area contributed by atoms with Crippen molar-refractivity contribution in [1.29, 1.82) is 0 Å². The molecule has 0 radical (unpaired) electrons. The van der Waals surface area contributed by atoms with E-state index in [1.165, 1.54) is 6.08 Å². The molecule has 1 aliphatic rings. The standard InChI is InChI=1S/C18H34O5Si/c1-9-20-16(19)11-10-14-15(23-18(5,6)22-14)12-13-21-24(7,8)17(2,3)4/h10-11,14-15H,9,12-13H2,1-8H3/b11-10+/t14-,15-/m1/s1. The summed E-state index contributed by atoms with van der Waals surface area (Å²) in [5.74, 6) is -1.02. The van der Waals surface area contributed by atoms with Gasteiger partial charge in [-0.15, -0.1) is 0 Å². The number of carbonyl (C=O) groups excluding carboxylic acids is 1. The molecule has 1 saturated heterocycles. The van der Waals surface area contributed by atoms with Crippen LogP contribution in [0, 0.1) is 0 Å². The van der Waals surface area contributed by atoms with Crippen LogP contribution in [0.1, 0.15) is 48.0 Å². The van der Waals surface area contributed by atoms with E-state index < -0.39 is 14.1 Å². The van der Waals surface area contributed by atoms with E-state index in [1.54, 1.807) is 13.0 Å². The van der Waals surface area contributed by atoms with Crippen LogP contribution in [0.2, 0.25) is 18.1 Å². The molecule has 1 heterocycles. The molecule has 1 fully saturated rings. The van der Waals surface area contributed by atoms with Gasteiger partial charge in [-0.2, -0.15) is 0 Å². The lowest BCUT2D eigenvalue weighted by molar-refractivity contribution is -0.144. The van der Waals surface area contributed by atoms with Crippen LogP contribution in [-0.2, 0) is 23.4 Å². The van der Waals surface area contributed by atoms with E-state index in [-0.39, 0.29) is 23.2 Å². The van der Waals surface area contributed by atoms with Crippen LogP contribution in [0.3, 0.4) is 0 Å². The molecule has 1 rings (SSSR count). The van der Waals surface area contributed by atoms with Crippen molar-refractivity contribution in [1.82, 2.24) is 0 Å². The van der Waals surface area contributed by atoms with Crippen LogP contribution < -0.4 is 0 Å². The summed E-state index contributed by atoms with van der Waals surface area (Å²) in [5, 5.41) is 0.183. The van der Waals surface area contributed by atoms with Gasteiger partial charge in [0.1, 0.15) is 6.10 Å². The molecule has 0 aromatic rings. The Morgan fingerprint density at radius 3 is 2.42 bits per heavy atom. The van der Waals surface area contributed by atoms with Gasteiger partial charge in [-0.3, -0.25) is 0 Å². The summed E-state index contributed by atoms with van der Waals surface area (Å²) in [6.45, 7) is 17.7. The highest BCUT2D eigenvalue weighted by Gasteiger charge is 2.41. The van der Waals surface area contributed by atoms with Crippen molar-refractivity contribution < 1.29 is 23.4 Å². The molecule has 0 unspecified atom stereocenters. The van der Waals surface area contributed by atoms with Gasteiger partial charge in [-0.05, 0) is 51.4 Å². The summed E-state index contributed by atoms with van der Waals surface area (Å²) in [6.07, 6.45) is 3.47. The third kappa shape index (κ3) is 6.31. The summed E-state index contributed by atoms with van der Waals surface area (Å²) >= 11 is 0. The van der Waals surface area contributed by atoms with Gasteiger partial charge < -0.3 is 18.6 Å². The maximum Gasteiger partial charge on any atom is 0.330 e. The second-order valence-electron chi connectivity index (χ2n) is 8.15. The van der Waals surface area contributed by atoms with Gasteiger partial charge >= 0.3 is 5.97 Å². The van der Waals surface area contributed by atoms with Gasteiger partial charge in [0.15, 0.2) is 14.1 Å². The van der Waals surface area contributed by atoms with E-state index in [1.807, 2.05) is 13.8 Å². The van der Waals surface area contributed by atoms with Gasteiger partial charge in [0.2, 0.25) is 0 Å². The lowest BCUT2D eigenvalue weighted by atomic mass is 10.1. The normalized spacial score (nSPS) is 24.5. The Kier molecular flexibility index (Phi) is 7.23. The summed E-state index contributed by atoms with van der Waals surface area (Å²) < 4.78 is 23.0. The topological polar surface area (TPSA) is 54.0 Å². The van der Waals surface area contributed by atoms with Gasteiger partial charge in [-0.25, -0.2) is 4.79 Å². The monoisotopic (exact) mass is 358 g/mol. The van der Waals surface area contributed by atoms with Crippen LogP contribution in [0.15, 0.2) is 12.2 Å². The molecule has 5 nitrogen and oxygen atoms in total. The molecule has 0 N–H and O–H groups in total. The van der Waals surface area contributed by atoms with E-state index in [0.29, 0.717) is 13.2 Å². The summed E-state index contributed by atoms with van der Waals surface area (Å²) in [4.78, 5) is 11.5. The number of esters is 1. The Labute approximate surface area is 147 Å². The third-order valence-corrected chi connectivity index (χ3v) is 9.14. The van der Waals surface area contributed by atoms with Gasteiger partial charge in [0.05, 0.1) is 12.7 Å². The Morgan fingerprint density at radius 2 is 1.88 bits per heavy atom. The Balaban J connectivity index is 2.62. The number of ether oxygens (including phenoxy) is 3. The van der Waals surface area contributed by atoms with Crippen LogP contribution in [-0.4, -0.2) is 45.5 Å². The first kappa shape index (κ1) is 21.3. The fourth-order valence-corrected chi connectivity index (χ4v) is 3.32. The van der Waals surface area contributed by atoms with Crippen molar-refractivity contribution in [3.8, 4) is 0 Å². The van der Waals surface area contributed by atoms with E-state index in [4.69, 9.17) is 18.6 Å². The van der Waals surface area contributed by atoms with E-state index in [0.717, 1.165) is 6.42 Å². The van der Waals surface area contributed by atoms with Crippen molar-refractivity contribution in [2.24, 2.45) is 0 Å². The van der Waals surface area contributed by atoms with Crippen LogP contribution in [0.4, 0.5) is 0 Å². The van der Waals surface area contributed by atoms with E-state index in [9.17, 15) is 4.79 Å². The molecule has 2 atom stereocenters. The fourth-order valence-electron chi connectivity index (χ4n) is 2.26. The molecule has 0 spiro atoms. The first-order chi connectivity index (χ1) is 10.9. The highest BCUT2D eigenvalue weighted by atomic mass is 28.4. The van der Waals surface area contributed by atoms with Crippen LogP contribution in [0.25, 0.3) is 0 Å². The number of rotatable bonds is 7. The average molecular weight is 359 g/mol. The zero-order chi connectivity index (χ0) is 18.6. The zero-order valence-electron chi connectivity index (χ0n) is 16.5. The minimum Gasteiger partial charge on any atom is -0.463 e. The molecular formula is C18H34O5Si. The predicted octanol–water partition coefficient (Wildman–Crippen LogP) is 4.04. The van der Waals surface area contributed by atoms with E-state index in [2.05, 4.69) is 33.9 Å². The summed E-state index contributed by atoms with van der Waals surface area (Å²) in [6, 6.07) is 0. The predicted molar refractivity (Wildman–Crippen MR) is 97.4 cm³/mol. The molecule has 0 aliphatic carbocycles. The van der Waals surface area contributed by atoms with Crippen molar-refractivity contribution in [3.63, 3.8) is 0 Å². The molecule has 0 bridgehead atoms. The molecule has 1 aliphatic heterocycles. The molecule has 0 amide bonds. The quantitative estimate of drug-likeness (QED) is 0.390. The lowest BCUT2D eigenvalue weighted by Crippen LogP contribution is -2.41. The molecular weight excluding hydrogens is 324 g/mol. The molecule has 0 aromatic heterocycles. The van der Waals surface area contributed by atoms with Gasteiger partial charge in [0.25, 0.3) is 0 Å². The van der Waals surface area contributed by atoms with Crippen LogP contribution >= 0.6 is 0 Å². The van der Waals surface area contributed by atoms with Crippen molar-refractivity contribution in [2.75, 3.05) is 13.2 Å². The maximum absolute atomic E-state index is 11.5. The first-order valence-corrected chi connectivity index (χ1v) is 11.6. The highest BCUT2D eigenvalue weighted by Crippen LogP contribution is 2.37. The Morgan fingerprint density at radius 1 is 1.25 bits per heavy atom. The van der Waals surface area contributed by atoms with Crippen molar-refractivity contribution >= 4 is 14.3 Å². The SMILES string of the molecule is CCOC(=O)/C=C/[C@H]1OC(C)(C)O[C@@H]1CCO[Si](C)(C)C(C)(C)C. The molecule has 0 aromatic carbocycles. The largest absolute Gasteiger partial charge is 0.463 e. The number of carbonyl (C=O) groups is 1. The van der Waals surface area contributed by atoms with Crippen molar-refractivity contribution in [2.45, 2.75) is 84.1 Å². The minimum atomic E-state index is -1.77. The fraction of sp³-hybridized carbons (Fsp3) is 0.833. The second kappa shape index (κ2) is 8.12.